The van der Waals surface area contributed by atoms with Crippen LogP contribution in [0.3, 0.4) is 0 Å². The number of carbonyl (C=O) groups excluding carboxylic acids is 2. The van der Waals surface area contributed by atoms with Crippen LogP contribution in [0.2, 0.25) is 0 Å². The van der Waals surface area contributed by atoms with Crippen LogP contribution in [0.4, 0.5) is 0 Å². The Balaban J connectivity index is 4.51. The number of aliphatic hydroxyl groups excluding tert-OH is 1. The van der Waals surface area contributed by atoms with Gasteiger partial charge >= 0.3 is 11.9 Å². The van der Waals surface area contributed by atoms with Gasteiger partial charge in [0.2, 0.25) is 0 Å². The molecule has 0 aromatic heterocycles. The summed E-state index contributed by atoms with van der Waals surface area (Å²) >= 11 is 0. The van der Waals surface area contributed by atoms with Crippen molar-refractivity contribution in [3.63, 3.8) is 0 Å². The monoisotopic (exact) mass is 852 g/mol. The van der Waals surface area contributed by atoms with Gasteiger partial charge in [0.25, 0.3) is 7.82 Å². The standard InChI is InChI=1S/C48H86NO9P/c1-6-8-10-12-14-16-17-18-19-20-21-22-23-25-27-31-36-40-48(52)58-46(44-57-59(53,54)56-42-41-49(3,4)5)43-55-47(51)39-35-32-28-30-34-38-45(50)37-33-29-26-24-15-13-11-9-7-2/h15,18-19,24,28-30,33-34,38,45-46,50H,6-14,16-17,20-23,25-27,31-32,35-37,39-44H2,1-5H3/b19-18-,24-15-,30-28+,33-29-,38-34-/t45?,46-/m1/s1. The highest BCUT2D eigenvalue weighted by atomic mass is 31.2. The number of hydrogen-bond acceptors (Lipinski definition) is 9. The number of carbonyl (C=O) groups is 2. The molecule has 0 saturated carbocycles. The van der Waals surface area contributed by atoms with Gasteiger partial charge in [-0.25, -0.2) is 0 Å². The summed E-state index contributed by atoms with van der Waals surface area (Å²) in [7, 11) is 1.08. The summed E-state index contributed by atoms with van der Waals surface area (Å²) in [6.07, 6.45) is 44.2. The van der Waals surface area contributed by atoms with E-state index in [1.54, 1.807) is 12.2 Å². The average Bonchev–Trinajstić information content (AvgIpc) is 3.18. The van der Waals surface area contributed by atoms with Crippen molar-refractivity contribution in [2.75, 3.05) is 47.5 Å². The first-order valence-corrected chi connectivity index (χ1v) is 24.6. The summed E-state index contributed by atoms with van der Waals surface area (Å²) in [6, 6.07) is 0. The molecule has 2 unspecified atom stereocenters. The molecule has 1 N–H and O–H groups in total. The lowest BCUT2D eigenvalue weighted by Crippen LogP contribution is -2.37. The predicted octanol–water partition coefficient (Wildman–Crippen LogP) is 11.6. The Morgan fingerprint density at radius 2 is 1.15 bits per heavy atom. The fourth-order valence-corrected chi connectivity index (χ4v) is 6.63. The zero-order valence-electron chi connectivity index (χ0n) is 38.0. The number of quaternary nitrogens is 1. The Labute approximate surface area is 360 Å². The largest absolute Gasteiger partial charge is 0.756 e. The third kappa shape index (κ3) is 43.6. The molecule has 3 atom stereocenters. The summed E-state index contributed by atoms with van der Waals surface area (Å²) in [4.78, 5) is 37.6. The average molecular weight is 852 g/mol. The summed E-state index contributed by atoms with van der Waals surface area (Å²) in [5.41, 5.74) is 0. The maximum absolute atomic E-state index is 12.7. The van der Waals surface area contributed by atoms with Crippen molar-refractivity contribution in [3.05, 3.63) is 60.8 Å². The van der Waals surface area contributed by atoms with E-state index in [4.69, 9.17) is 18.5 Å². The third-order valence-electron chi connectivity index (χ3n) is 9.59. The van der Waals surface area contributed by atoms with E-state index in [-0.39, 0.29) is 26.1 Å². The van der Waals surface area contributed by atoms with Crippen molar-refractivity contribution in [2.45, 2.75) is 187 Å². The minimum absolute atomic E-state index is 0.0560. The van der Waals surface area contributed by atoms with Crippen molar-refractivity contribution < 1.29 is 47.2 Å². The number of likely N-dealkylation sites (N-methyl/N-ethyl adjacent to an activating group) is 1. The Bertz CT molecular complexity index is 1210. The van der Waals surface area contributed by atoms with E-state index in [0.717, 1.165) is 38.5 Å². The van der Waals surface area contributed by atoms with Crippen molar-refractivity contribution in [3.8, 4) is 0 Å². The second-order valence-corrected chi connectivity index (χ2v) is 18.0. The number of aliphatic hydroxyl groups is 1. The molecule has 0 heterocycles. The molecule has 0 fully saturated rings. The van der Waals surface area contributed by atoms with Gasteiger partial charge in [-0.1, -0.05) is 152 Å². The summed E-state index contributed by atoms with van der Waals surface area (Å²) in [6.45, 7) is 4.02. The number of phosphoric ester groups is 1. The molecule has 10 nitrogen and oxygen atoms in total. The van der Waals surface area contributed by atoms with E-state index in [1.165, 1.54) is 83.5 Å². The van der Waals surface area contributed by atoms with E-state index in [0.29, 0.717) is 36.7 Å². The molecule has 59 heavy (non-hydrogen) atoms. The van der Waals surface area contributed by atoms with E-state index in [9.17, 15) is 24.2 Å². The molecule has 0 amide bonds. The molecule has 0 radical (unpaired) electrons. The maximum atomic E-state index is 12.7. The van der Waals surface area contributed by atoms with Gasteiger partial charge in [-0.3, -0.25) is 14.2 Å². The second kappa shape index (κ2) is 39.8. The number of esters is 2. The van der Waals surface area contributed by atoms with Gasteiger partial charge in [-0.05, 0) is 70.6 Å². The van der Waals surface area contributed by atoms with Gasteiger partial charge < -0.3 is 33.0 Å². The molecule has 0 rings (SSSR count). The van der Waals surface area contributed by atoms with Crippen LogP contribution in [0.1, 0.15) is 174 Å². The van der Waals surface area contributed by atoms with E-state index < -0.39 is 38.6 Å². The molecule has 0 saturated heterocycles. The lowest BCUT2D eigenvalue weighted by Gasteiger charge is -2.28. The molecule has 0 aliphatic rings. The van der Waals surface area contributed by atoms with Crippen LogP contribution >= 0.6 is 7.82 Å². The molecule has 0 spiro atoms. The fraction of sp³-hybridized carbons (Fsp3) is 0.750. The number of allylic oxidation sites excluding steroid dienone is 8. The second-order valence-electron chi connectivity index (χ2n) is 16.6. The normalized spacial score (nSPS) is 14.6. The minimum Gasteiger partial charge on any atom is -0.756 e. The number of ether oxygens (including phenoxy) is 2. The van der Waals surface area contributed by atoms with Gasteiger partial charge in [0.15, 0.2) is 6.10 Å². The lowest BCUT2D eigenvalue weighted by molar-refractivity contribution is -0.870. The fourth-order valence-electron chi connectivity index (χ4n) is 5.90. The maximum Gasteiger partial charge on any atom is 0.306 e. The zero-order chi connectivity index (χ0) is 43.7. The topological polar surface area (TPSA) is 131 Å². The Hall–Kier alpha value is -2.33. The minimum atomic E-state index is -4.66. The molecule has 11 heteroatoms. The van der Waals surface area contributed by atoms with Gasteiger partial charge in [0.1, 0.15) is 19.8 Å². The first kappa shape index (κ1) is 56.7. The van der Waals surface area contributed by atoms with Crippen molar-refractivity contribution in [2.24, 2.45) is 0 Å². The molecule has 0 aliphatic heterocycles. The quantitative estimate of drug-likeness (QED) is 0.0159. The summed E-state index contributed by atoms with van der Waals surface area (Å²) in [5.74, 6) is -0.972. The first-order valence-electron chi connectivity index (χ1n) is 23.1. The Morgan fingerprint density at radius 3 is 1.80 bits per heavy atom. The van der Waals surface area contributed by atoms with Crippen LogP contribution in [0, 0.1) is 0 Å². The van der Waals surface area contributed by atoms with E-state index >= 15 is 0 Å². The van der Waals surface area contributed by atoms with Crippen LogP contribution in [0.15, 0.2) is 60.8 Å². The molecule has 0 aromatic carbocycles. The van der Waals surface area contributed by atoms with Gasteiger partial charge in [-0.2, -0.15) is 0 Å². The Kier molecular flexibility index (Phi) is 38.2. The van der Waals surface area contributed by atoms with Crippen LogP contribution in [-0.2, 0) is 32.7 Å². The van der Waals surface area contributed by atoms with Gasteiger partial charge in [0, 0.05) is 12.8 Å². The molecular weight excluding hydrogens is 765 g/mol. The molecular formula is C48H86NO9P. The molecule has 0 bridgehead atoms. The van der Waals surface area contributed by atoms with Crippen molar-refractivity contribution in [1.29, 1.82) is 0 Å². The van der Waals surface area contributed by atoms with E-state index in [1.807, 2.05) is 39.4 Å². The number of phosphoric acid groups is 1. The number of nitrogens with zero attached hydrogens (tertiary/aromatic N) is 1. The van der Waals surface area contributed by atoms with Crippen molar-refractivity contribution >= 4 is 19.8 Å². The van der Waals surface area contributed by atoms with Crippen LogP contribution in [0.5, 0.6) is 0 Å². The Morgan fingerprint density at radius 1 is 0.627 bits per heavy atom. The van der Waals surface area contributed by atoms with Crippen LogP contribution < -0.4 is 4.89 Å². The van der Waals surface area contributed by atoms with Gasteiger partial charge in [0.05, 0.1) is 33.9 Å². The number of unbranched alkanes of at least 4 members (excludes halogenated alkanes) is 17. The SMILES string of the molecule is CCCCC/C=C\C/C=C\CC(O)/C=C\C=C\CCCC(=O)OC[C@H](COP(=O)([O-])OCC[N+](C)(C)C)OC(=O)CCCCCCCCC/C=C\CCCCCCCC. The highest BCUT2D eigenvalue weighted by Gasteiger charge is 2.21. The number of rotatable bonds is 41. The highest BCUT2D eigenvalue weighted by molar-refractivity contribution is 7.45. The summed E-state index contributed by atoms with van der Waals surface area (Å²) in [5, 5.41) is 10.1. The predicted molar refractivity (Wildman–Crippen MR) is 242 cm³/mol. The number of hydrogen-bond donors (Lipinski definition) is 1. The zero-order valence-corrected chi connectivity index (χ0v) is 38.9. The van der Waals surface area contributed by atoms with Crippen LogP contribution in [-0.4, -0.2) is 81.2 Å². The smallest absolute Gasteiger partial charge is 0.306 e. The molecule has 342 valence electrons. The molecule has 0 aliphatic carbocycles. The first-order chi connectivity index (χ1) is 28.4. The highest BCUT2D eigenvalue weighted by Crippen LogP contribution is 2.38. The van der Waals surface area contributed by atoms with Gasteiger partial charge in [-0.15, -0.1) is 0 Å². The molecule has 0 aromatic rings. The van der Waals surface area contributed by atoms with E-state index in [2.05, 4.69) is 44.2 Å². The lowest BCUT2D eigenvalue weighted by atomic mass is 10.1. The van der Waals surface area contributed by atoms with Crippen LogP contribution in [0.25, 0.3) is 0 Å². The van der Waals surface area contributed by atoms with Crippen molar-refractivity contribution in [1.82, 2.24) is 0 Å². The summed E-state index contributed by atoms with van der Waals surface area (Å²) < 4.78 is 33.8. The third-order valence-corrected chi connectivity index (χ3v) is 10.6.